The molecule has 1 aliphatic heterocycles. The number of carbonyl (C=O) groups excluding carboxylic acids is 1. The van der Waals surface area contributed by atoms with E-state index in [9.17, 15) is 4.79 Å². The fraction of sp³-hybridized carbons (Fsp3) is 0.211. The number of halogens is 1. The van der Waals surface area contributed by atoms with E-state index >= 15 is 0 Å². The number of aromatic nitrogens is 2. The van der Waals surface area contributed by atoms with E-state index in [1.54, 1.807) is 18.5 Å². The normalized spacial score (nSPS) is 14.7. The van der Waals surface area contributed by atoms with Crippen molar-refractivity contribution in [3.63, 3.8) is 0 Å². The fourth-order valence-corrected chi connectivity index (χ4v) is 3.45. The number of amides is 1. The third-order valence-electron chi connectivity index (χ3n) is 4.67. The summed E-state index contributed by atoms with van der Waals surface area (Å²) in [4.78, 5) is 24.6. The molecule has 0 radical (unpaired) electrons. The van der Waals surface area contributed by atoms with Crippen molar-refractivity contribution in [1.29, 1.82) is 0 Å². The van der Waals surface area contributed by atoms with Crippen LogP contribution < -0.4 is 15.5 Å². The number of carbonyl (C=O) groups is 1. The van der Waals surface area contributed by atoms with Gasteiger partial charge in [0.15, 0.2) is 0 Å². The maximum Gasteiger partial charge on any atom is 0.248 e. The van der Waals surface area contributed by atoms with Crippen LogP contribution in [0.15, 0.2) is 48.8 Å². The molecule has 4 rings (SSSR count). The number of primary amides is 1. The van der Waals surface area contributed by atoms with Crippen LogP contribution in [-0.4, -0.2) is 42.1 Å². The lowest BCUT2D eigenvalue weighted by Crippen LogP contribution is -2.46. The molecular formula is C19H18ClN5O. The third-order valence-corrected chi connectivity index (χ3v) is 4.91. The molecule has 132 valence electrons. The second kappa shape index (κ2) is 6.80. The lowest BCUT2D eigenvalue weighted by atomic mass is 10.1. The average Bonchev–Trinajstić information content (AvgIpc) is 2.67. The van der Waals surface area contributed by atoms with Gasteiger partial charge >= 0.3 is 0 Å². The molecule has 0 spiro atoms. The molecule has 26 heavy (non-hydrogen) atoms. The van der Waals surface area contributed by atoms with Gasteiger partial charge in [0.1, 0.15) is 12.1 Å². The van der Waals surface area contributed by atoms with Crippen LogP contribution in [0, 0.1) is 0 Å². The summed E-state index contributed by atoms with van der Waals surface area (Å²) in [6.45, 7) is 3.45. The van der Waals surface area contributed by atoms with Gasteiger partial charge in [0.2, 0.25) is 5.91 Å². The molecule has 1 fully saturated rings. The van der Waals surface area contributed by atoms with Gasteiger partial charge in [0.25, 0.3) is 0 Å². The Bertz CT molecular complexity index is 952. The minimum Gasteiger partial charge on any atom is -0.368 e. The molecule has 2 heterocycles. The van der Waals surface area contributed by atoms with Crippen molar-refractivity contribution < 1.29 is 4.79 Å². The molecule has 6 nitrogen and oxygen atoms in total. The van der Waals surface area contributed by atoms with E-state index in [0.29, 0.717) is 10.6 Å². The standard InChI is InChI=1S/C19H18ClN5O/c20-14-3-6-16-17(11-14)22-12-23-19(16)25-9-7-24(8-10-25)15-4-1-13(2-5-15)18(21)26/h1-6,11-12H,7-10H2,(H2,21,26). The molecule has 2 N–H and O–H groups in total. The quantitative estimate of drug-likeness (QED) is 0.770. The second-order valence-electron chi connectivity index (χ2n) is 6.24. The van der Waals surface area contributed by atoms with Crippen LogP contribution in [0.4, 0.5) is 11.5 Å². The molecule has 0 aliphatic carbocycles. The first-order valence-corrected chi connectivity index (χ1v) is 8.79. The third kappa shape index (κ3) is 3.15. The fourth-order valence-electron chi connectivity index (χ4n) is 3.28. The summed E-state index contributed by atoms with van der Waals surface area (Å²) < 4.78 is 0. The Morgan fingerprint density at radius 2 is 1.65 bits per heavy atom. The van der Waals surface area contributed by atoms with Crippen LogP contribution in [0.2, 0.25) is 5.02 Å². The lowest BCUT2D eigenvalue weighted by molar-refractivity contribution is 0.100. The number of anilines is 2. The van der Waals surface area contributed by atoms with Gasteiger partial charge in [-0.15, -0.1) is 0 Å². The number of hydrogen-bond donors (Lipinski definition) is 1. The maximum atomic E-state index is 11.2. The summed E-state index contributed by atoms with van der Waals surface area (Å²) >= 11 is 6.06. The van der Waals surface area contributed by atoms with Crippen LogP contribution in [0.3, 0.4) is 0 Å². The number of nitrogens with zero attached hydrogens (tertiary/aromatic N) is 4. The van der Waals surface area contributed by atoms with Gasteiger partial charge in [-0.1, -0.05) is 11.6 Å². The molecule has 2 aromatic carbocycles. The van der Waals surface area contributed by atoms with Gasteiger partial charge in [-0.25, -0.2) is 9.97 Å². The highest BCUT2D eigenvalue weighted by molar-refractivity contribution is 6.31. The highest BCUT2D eigenvalue weighted by Crippen LogP contribution is 2.27. The maximum absolute atomic E-state index is 11.2. The van der Waals surface area contributed by atoms with E-state index in [1.807, 2.05) is 30.3 Å². The van der Waals surface area contributed by atoms with Crippen LogP contribution in [0.5, 0.6) is 0 Å². The minimum absolute atomic E-state index is 0.405. The van der Waals surface area contributed by atoms with Crippen LogP contribution in [0.1, 0.15) is 10.4 Å². The minimum atomic E-state index is -0.405. The molecule has 1 amide bonds. The van der Waals surface area contributed by atoms with Gasteiger partial charge in [-0.3, -0.25) is 4.79 Å². The molecule has 0 saturated carbocycles. The van der Waals surface area contributed by atoms with Crippen molar-refractivity contribution in [3.05, 3.63) is 59.4 Å². The summed E-state index contributed by atoms with van der Waals surface area (Å²) in [7, 11) is 0. The summed E-state index contributed by atoms with van der Waals surface area (Å²) in [6, 6.07) is 13.1. The predicted molar refractivity (Wildman–Crippen MR) is 104 cm³/mol. The number of rotatable bonds is 3. The summed E-state index contributed by atoms with van der Waals surface area (Å²) in [6.07, 6.45) is 1.59. The van der Waals surface area contributed by atoms with Gasteiger partial charge in [-0.2, -0.15) is 0 Å². The molecular weight excluding hydrogens is 350 g/mol. The zero-order valence-electron chi connectivity index (χ0n) is 14.1. The molecule has 0 atom stereocenters. The molecule has 1 saturated heterocycles. The van der Waals surface area contributed by atoms with Crippen LogP contribution >= 0.6 is 11.6 Å². The van der Waals surface area contributed by atoms with E-state index in [4.69, 9.17) is 17.3 Å². The van der Waals surface area contributed by atoms with Crippen molar-refractivity contribution in [3.8, 4) is 0 Å². The number of fused-ring (bicyclic) bond motifs is 1. The van der Waals surface area contributed by atoms with Gasteiger partial charge in [0.05, 0.1) is 5.52 Å². The topological polar surface area (TPSA) is 75.4 Å². The molecule has 0 bridgehead atoms. The predicted octanol–water partition coefficient (Wildman–Crippen LogP) is 2.71. The van der Waals surface area contributed by atoms with E-state index in [-0.39, 0.29) is 0 Å². The molecule has 0 unspecified atom stereocenters. The van der Waals surface area contributed by atoms with E-state index < -0.39 is 5.91 Å². The van der Waals surface area contributed by atoms with Crippen molar-refractivity contribution >= 4 is 39.9 Å². The number of nitrogens with two attached hydrogens (primary N) is 1. The number of hydrogen-bond acceptors (Lipinski definition) is 5. The smallest absolute Gasteiger partial charge is 0.248 e. The SMILES string of the molecule is NC(=O)c1ccc(N2CCN(c3ncnc4cc(Cl)ccc34)CC2)cc1. The molecule has 1 aromatic heterocycles. The van der Waals surface area contributed by atoms with E-state index in [2.05, 4.69) is 19.8 Å². The molecule has 1 aliphatic rings. The van der Waals surface area contributed by atoms with E-state index in [0.717, 1.165) is 48.6 Å². The highest BCUT2D eigenvalue weighted by atomic mass is 35.5. The first-order chi connectivity index (χ1) is 12.6. The Morgan fingerprint density at radius 3 is 2.35 bits per heavy atom. The van der Waals surface area contributed by atoms with Gasteiger partial charge in [-0.05, 0) is 42.5 Å². The summed E-state index contributed by atoms with van der Waals surface area (Å²) in [5.41, 5.74) is 7.77. The first kappa shape index (κ1) is 16.6. The van der Waals surface area contributed by atoms with E-state index in [1.165, 1.54) is 0 Å². The zero-order chi connectivity index (χ0) is 18.1. The first-order valence-electron chi connectivity index (χ1n) is 8.42. The Hall–Kier alpha value is -2.86. The van der Waals surface area contributed by atoms with Gasteiger partial charge in [0, 0.05) is 47.8 Å². The van der Waals surface area contributed by atoms with Crippen LogP contribution in [0.25, 0.3) is 10.9 Å². The number of piperazine rings is 1. The zero-order valence-corrected chi connectivity index (χ0v) is 14.9. The Labute approximate surface area is 156 Å². The largest absolute Gasteiger partial charge is 0.368 e. The van der Waals surface area contributed by atoms with Gasteiger partial charge < -0.3 is 15.5 Å². The Balaban J connectivity index is 1.51. The van der Waals surface area contributed by atoms with Crippen molar-refractivity contribution in [2.45, 2.75) is 0 Å². The van der Waals surface area contributed by atoms with Crippen molar-refractivity contribution in [1.82, 2.24) is 9.97 Å². The molecule has 3 aromatic rings. The monoisotopic (exact) mass is 367 g/mol. The average molecular weight is 368 g/mol. The van der Waals surface area contributed by atoms with Crippen molar-refractivity contribution in [2.24, 2.45) is 5.73 Å². The summed E-state index contributed by atoms with van der Waals surface area (Å²) in [5.74, 6) is 0.535. The highest BCUT2D eigenvalue weighted by Gasteiger charge is 2.20. The molecule has 7 heteroatoms. The second-order valence-corrected chi connectivity index (χ2v) is 6.68. The van der Waals surface area contributed by atoms with Crippen LogP contribution in [-0.2, 0) is 0 Å². The van der Waals surface area contributed by atoms with Crippen molar-refractivity contribution in [2.75, 3.05) is 36.0 Å². The lowest BCUT2D eigenvalue weighted by Gasteiger charge is -2.37. The number of benzene rings is 2. The Morgan fingerprint density at radius 1 is 0.962 bits per heavy atom. The Kier molecular flexibility index (Phi) is 4.34. The summed E-state index contributed by atoms with van der Waals surface area (Å²) in [5, 5.41) is 1.68.